The number of aromatic nitrogens is 2. The van der Waals surface area contributed by atoms with Crippen molar-refractivity contribution < 1.29 is 14.3 Å². The second-order valence-electron chi connectivity index (χ2n) is 4.72. The molecular formula is C13H17ClN4O4. The lowest BCUT2D eigenvalue weighted by atomic mass is 10.1. The molecule has 0 aliphatic carbocycles. The average molecular weight is 329 g/mol. The molecule has 0 atom stereocenters. The number of carbonyl (C=O) groups is 1. The summed E-state index contributed by atoms with van der Waals surface area (Å²) in [7, 11) is 0. The molecule has 9 heteroatoms. The highest BCUT2D eigenvalue weighted by atomic mass is 35.5. The highest BCUT2D eigenvalue weighted by molar-refractivity contribution is 6.28. The third kappa shape index (κ3) is 4.11. The molecular weight excluding hydrogens is 312 g/mol. The largest absolute Gasteiger partial charge is 0.465 e. The zero-order valence-electron chi connectivity index (χ0n) is 12.2. The third-order valence-corrected chi connectivity index (χ3v) is 3.51. The van der Waals surface area contributed by atoms with Crippen LogP contribution in [-0.4, -0.2) is 48.3 Å². The van der Waals surface area contributed by atoms with Crippen LogP contribution in [0, 0.1) is 4.91 Å². The summed E-state index contributed by atoms with van der Waals surface area (Å²) in [5, 5.41) is 2.91. The Bertz CT molecular complexity index is 537. The van der Waals surface area contributed by atoms with E-state index >= 15 is 0 Å². The molecule has 0 radical (unpaired) electrons. The van der Waals surface area contributed by atoms with Gasteiger partial charge in [-0.3, -0.25) is 4.79 Å². The molecule has 1 aromatic heterocycles. The van der Waals surface area contributed by atoms with Crippen molar-refractivity contribution in [2.24, 2.45) is 5.18 Å². The van der Waals surface area contributed by atoms with E-state index in [0.717, 1.165) is 0 Å². The lowest BCUT2D eigenvalue weighted by Gasteiger charge is -2.34. The summed E-state index contributed by atoms with van der Waals surface area (Å²) in [4.78, 5) is 32.4. The van der Waals surface area contributed by atoms with Crippen LogP contribution in [0.15, 0.2) is 11.4 Å². The minimum Gasteiger partial charge on any atom is -0.465 e. The summed E-state index contributed by atoms with van der Waals surface area (Å²) in [6.45, 7) is 3.13. The van der Waals surface area contributed by atoms with Gasteiger partial charge in [-0.2, -0.15) is 4.98 Å². The molecule has 120 valence electrons. The predicted octanol–water partition coefficient (Wildman–Crippen LogP) is 2.08. The van der Waals surface area contributed by atoms with Gasteiger partial charge >= 0.3 is 5.97 Å². The Morgan fingerprint density at radius 1 is 1.55 bits per heavy atom. The summed E-state index contributed by atoms with van der Waals surface area (Å²) in [6.07, 6.45) is 2.66. The molecule has 2 rings (SSSR count). The van der Waals surface area contributed by atoms with E-state index in [1.54, 1.807) is 11.8 Å². The third-order valence-electron chi connectivity index (χ3n) is 3.33. The maximum absolute atomic E-state index is 11.9. The lowest BCUT2D eigenvalue weighted by molar-refractivity contribution is -0.141. The number of hydrogen-bond acceptors (Lipinski definition) is 8. The number of anilines is 1. The molecule has 2 heterocycles. The van der Waals surface area contributed by atoms with Gasteiger partial charge in [-0.05, 0) is 36.5 Å². The Balaban J connectivity index is 2.31. The van der Waals surface area contributed by atoms with E-state index in [-0.39, 0.29) is 36.0 Å². The van der Waals surface area contributed by atoms with Crippen molar-refractivity contribution in [1.29, 1.82) is 0 Å². The molecule has 0 spiro atoms. The molecule has 1 fully saturated rings. The van der Waals surface area contributed by atoms with Crippen molar-refractivity contribution in [2.45, 2.75) is 25.8 Å². The standard InChI is InChI=1S/C13H17ClN4O4/c1-2-22-11(19)8-18(9-3-5-21-6-4-9)12-10(17-20)7-15-13(14)16-12/h7,9H,2-6,8H2,1H3. The maximum Gasteiger partial charge on any atom is 0.325 e. The molecule has 0 saturated carbocycles. The van der Waals surface area contributed by atoms with Crippen molar-refractivity contribution in [3.8, 4) is 0 Å². The van der Waals surface area contributed by atoms with Gasteiger partial charge in [-0.1, -0.05) is 0 Å². The first-order valence-electron chi connectivity index (χ1n) is 7.01. The Labute approximate surface area is 132 Å². The van der Waals surface area contributed by atoms with Gasteiger partial charge in [0.1, 0.15) is 6.54 Å². The van der Waals surface area contributed by atoms with E-state index < -0.39 is 5.97 Å². The molecule has 0 bridgehead atoms. The Kier molecular flexibility index (Phi) is 6.02. The average Bonchev–Trinajstić information content (AvgIpc) is 2.53. The fraction of sp³-hybridized carbons (Fsp3) is 0.615. The number of rotatable bonds is 6. The van der Waals surface area contributed by atoms with Crippen molar-refractivity contribution in [3.05, 3.63) is 16.4 Å². The summed E-state index contributed by atoms with van der Waals surface area (Å²) in [5.74, 6) is -0.157. The molecule has 1 aliphatic heterocycles. The highest BCUT2D eigenvalue weighted by Crippen LogP contribution is 2.30. The van der Waals surface area contributed by atoms with Crippen LogP contribution in [0.3, 0.4) is 0 Å². The van der Waals surface area contributed by atoms with Gasteiger partial charge in [0.05, 0.1) is 12.8 Å². The number of ether oxygens (including phenoxy) is 2. The number of nitrogens with zero attached hydrogens (tertiary/aromatic N) is 4. The molecule has 0 amide bonds. The maximum atomic E-state index is 11.9. The Morgan fingerprint density at radius 3 is 2.91 bits per heavy atom. The first-order valence-corrected chi connectivity index (χ1v) is 7.39. The van der Waals surface area contributed by atoms with Gasteiger partial charge in [0.15, 0.2) is 11.5 Å². The fourth-order valence-corrected chi connectivity index (χ4v) is 2.47. The van der Waals surface area contributed by atoms with Crippen molar-refractivity contribution in [1.82, 2.24) is 9.97 Å². The van der Waals surface area contributed by atoms with Crippen LogP contribution in [-0.2, 0) is 14.3 Å². The molecule has 0 N–H and O–H groups in total. The number of esters is 1. The van der Waals surface area contributed by atoms with E-state index in [0.29, 0.717) is 26.1 Å². The summed E-state index contributed by atoms with van der Waals surface area (Å²) in [5.41, 5.74) is 0.0418. The molecule has 1 aliphatic rings. The van der Waals surface area contributed by atoms with Crippen molar-refractivity contribution in [3.63, 3.8) is 0 Å². The molecule has 1 saturated heterocycles. The number of carbonyl (C=O) groups excluding carboxylic acids is 1. The van der Waals surface area contributed by atoms with Gasteiger partial charge in [0, 0.05) is 19.3 Å². The molecule has 8 nitrogen and oxygen atoms in total. The van der Waals surface area contributed by atoms with Gasteiger partial charge in [0.2, 0.25) is 5.28 Å². The SMILES string of the molecule is CCOC(=O)CN(c1nc(Cl)ncc1N=O)C1CCOCC1. The van der Waals surface area contributed by atoms with Gasteiger partial charge < -0.3 is 14.4 Å². The summed E-state index contributed by atoms with van der Waals surface area (Å²) in [6, 6.07) is -0.00961. The Morgan fingerprint density at radius 2 is 2.27 bits per heavy atom. The van der Waals surface area contributed by atoms with Crippen LogP contribution in [0.25, 0.3) is 0 Å². The number of halogens is 1. The molecule has 22 heavy (non-hydrogen) atoms. The van der Waals surface area contributed by atoms with Gasteiger partial charge in [0.25, 0.3) is 0 Å². The summed E-state index contributed by atoms with van der Waals surface area (Å²) >= 11 is 5.82. The second-order valence-corrected chi connectivity index (χ2v) is 5.05. The molecule has 0 unspecified atom stereocenters. The lowest BCUT2D eigenvalue weighted by Crippen LogP contribution is -2.43. The van der Waals surface area contributed by atoms with E-state index in [9.17, 15) is 9.70 Å². The minimum absolute atomic E-state index is 0.00961. The van der Waals surface area contributed by atoms with E-state index in [4.69, 9.17) is 21.1 Å². The zero-order chi connectivity index (χ0) is 15.9. The van der Waals surface area contributed by atoms with Crippen LogP contribution in [0.1, 0.15) is 19.8 Å². The van der Waals surface area contributed by atoms with Crippen LogP contribution < -0.4 is 4.90 Å². The molecule has 0 aromatic carbocycles. The van der Waals surface area contributed by atoms with E-state index in [1.807, 2.05) is 0 Å². The minimum atomic E-state index is -0.402. The van der Waals surface area contributed by atoms with E-state index in [1.165, 1.54) is 6.20 Å². The highest BCUT2D eigenvalue weighted by Gasteiger charge is 2.28. The summed E-state index contributed by atoms with van der Waals surface area (Å²) < 4.78 is 10.3. The quantitative estimate of drug-likeness (QED) is 0.448. The number of nitroso groups, excluding NO2 is 1. The van der Waals surface area contributed by atoms with Crippen LogP contribution in [0.5, 0.6) is 0 Å². The first-order chi connectivity index (χ1) is 10.7. The second kappa shape index (κ2) is 8.00. The first kappa shape index (κ1) is 16.6. The smallest absolute Gasteiger partial charge is 0.325 e. The monoisotopic (exact) mass is 328 g/mol. The zero-order valence-corrected chi connectivity index (χ0v) is 13.0. The van der Waals surface area contributed by atoms with Crippen molar-refractivity contribution >= 4 is 29.1 Å². The topological polar surface area (TPSA) is 94.0 Å². The Hall–Kier alpha value is -1.80. The van der Waals surface area contributed by atoms with E-state index in [2.05, 4.69) is 15.1 Å². The van der Waals surface area contributed by atoms with Gasteiger partial charge in [-0.25, -0.2) is 4.98 Å². The van der Waals surface area contributed by atoms with Crippen LogP contribution in [0.4, 0.5) is 11.5 Å². The van der Waals surface area contributed by atoms with Gasteiger partial charge in [-0.15, -0.1) is 4.91 Å². The van der Waals surface area contributed by atoms with Crippen LogP contribution in [0.2, 0.25) is 5.28 Å². The van der Waals surface area contributed by atoms with Crippen LogP contribution >= 0.6 is 11.6 Å². The molecule has 1 aromatic rings. The predicted molar refractivity (Wildman–Crippen MR) is 80.3 cm³/mol. The normalized spacial score (nSPS) is 15.4. The fourth-order valence-electron chi connectivity index (χ4n) is 2.34. The number of hydrogen-bond donors (Lipinski definition) is 0. The van der Waals surface area contributed by atoms with Crippen molar-refractivity contribution in [2.75, 3.05) is 31.3 Å².